The molecule has 1 heterocycles. The van der Waals surface area contributed by atoms with Crippen molar-refractivity contribution in [1.29, 1.82) is 0 Å². The molecule has 0 amide bonds. The number of hydrogen-bond acceptors (Lipinski definition) is 1. The zero-order chi connectivity index (χ0) is 11.5. The molecule has 1 saturated heterocycles. The van der Waals surface area contributed by atoms with Crippen molar-refractivity contribution in [2.24, 2.45) is 5.41 Å². The van der Waals surface area contributed by atoms with Gasteiger partial charge in [-0.2, -0.15) is 0 Å². The van der Waals surface area contributed by atoms with E-state index >= 15 is 0 Å². The highest BCUT2D eigenvalue weighted by Gasteiger charge is 2.37. The Morgan fingerprint density at radius 1 is 1.33 bits per heavy atom. The van der Waals surface area contributed by atoms with Crippen molar-refractivity contribution in [3.8, 4) is 0 Å². The monoisotopic (exact) mass is 340 g/mol. The Morgan fingerprint density at radius 3 is 2.27 bits per heavy atom. The second-order valence-electron chi connectivity index (χ2n) is 5.36. The van der Waals surface area contributed by atoms with Crippen LogP contribution >= 0.6 is 31.9 Å². The molecule has 3 heteroatoms. The molecule has 0 aliphatic carbocycles. The number of ether oxygens (including phenoxy) is 1. The van der Waals surface area contributed by atoms with Gasteiger partial charge >= 0.3 is 0 Å². The molecule has 90 valence electrons. The minimum Gasteiger partial charge on any atom is -0.372 e. The highest BCUT2D eigenvalue weighted by Crippen LogP contribution is 2.39. The molecule has 1 aliphatic heterocycles. The van der Waals surface area contributed by atoms with Crippen LogP contribution in [0.15, 0.2) is 0 Å². The Balaban J connectivity index is 2.53. The first kappa shape index (κ1) is 14.0. The summed E-state index contributed by atoms with van der Waals surface area (Å²) >= 11 is 7.29. The molecule has 1 rings (SSSR count). The first-order chi connectivity index (χ1) is 6.97. The van der Waals surface area contributed by atoms with E-state index < -0.39 is 0 Å². The number of halogens is 2. The lowest BCUT2D eigenvalue weighted by Gasteiger charge is -2.32. The van der Waals surface area contributed by atoms with Crippen LogP contribution in [0, 0.1) is 5.41 Å². The van der Waals surface area contributed by atoms with Crippen molar-refractivity contribution < 1.29 is 4.74 Å². The van der Waals surface area contributed by atoms with Crippen molar-refractivity contribution in [2.45, 2.75) is 58.2 Å². The average molecular weight is 342 g/mol. The van der Waals surface area contributed by atoms with Gasteiger partial charge in [-0.1, -0.05) is 38.8 Å². The summed E-state index contributed by atoms with van der Waals surface area (Å²) in [6.07, 6.45) is 5.24. The van der Waals surface area contributed by atoms with E-state index in [0.29, 0.717) is 11.5 Å². The van der Waals surface area contributed by atoms with Crippen LogP contribution in [0.1, 0.15) is 46.5 Å². The summed E-state index contributed by atoms with van der Waals surface area (Å²) in [7, 11) is 0. The zero-order valence-corrected chi connectivity index (χ0v) is 13.2. The molecule has 0 N–H and O–H groups in total. The molecular formula is C12H22Br2O. The minimum atomic E-state index is 0.1000. The molecule has 1 fully saturated rings. The average Bonchev–Trinajstić information content (AvgIpc) is 2.55. The molecule has 0 aromatic heterocycles. The third-order valence-electron chi connectivity index (χ3n) is 3.53. The third kappa shape index (κ3) is 3.71. The van der Waals surface area contributed by atoms with Gasteiger partial charge in [0.25, 0.3) is 0 Å². The van der Waals surface area contributed by atoms with Gasteiger partial charge in [-0.3, -0.25) is 0 Å². The van der Waals surface area contributed by atoms with Crippen molar-refractivity contribution in [3.05, 3.63) is 0 Å². The molecule has 0 aromatic rings. The molecule has 0 spiro atoms. The fourth-order valence-corrected chi connectivity index (χ4v) is 4.36. The number of alkyl halides is 2. The van der Waals surface area contributed by atoms with Crippen molar-refractivity contribution in [3.63, 3.8) is 0 Å². The molecule has 0 bridgehead atoms. The Kier molecular flexibility index (Phi) is 5.13. The van der Waals surface area contributed by atoms with Crippen LogP contribution < -0.4 is 0 Å². The van der Waals surface area contributed by atoms with E-state index in [-0.39, 0.29) is 5.60 Å². The smallest absolute Gasteiger partial charge is 0.0631 e. The Morgan fingerprint density at radius 2 is 1.93 bits per heavy atom. The lowest BCUT2D eigenvalue weighted by molar-refractivity contribution is -0.0310. The van der Waals surface area contributed by atoms with E-state index in [1.165, 1.54) is 25.7 Å². The Bertz CT molecular complexity index is 192. The topological polar surface area (TPSA) is 9.23 Å². The molecular weight excluding hydrogens is 320 g/mol. The summed E-state index contributed by atoms with van der Waals surface area (Å²) in [4.78, 5) is 0. The largest absolute Gasteiger partial charge is 0.372 e. The summed E-state index contributed by atoms with van der Waals surface area (Å²) in [5.74, 6) is 0. The predicted molar refractivity (Wildman–Crippen MR) is 73.1 cm³/mol. The van der Waals surface area contributed by atoms with Crippen LogP contribution in [-0.4, -0.2) is 22.4 Å². The van der Waals surface area contributed by atoms with Gasteiger partial charge in [0, 0.05) is 10.7 Å². The second kappa shape index (κ2) is 5.50. The standard InChI is InChI=1S/C12H22Br2O/c1-4-12(8-13,9-14)7-10-5-6-11(2,3)15-10/h10H,4-9H2,1-3H3. The van der Waals surface area contributed by atoms with Crippen LogP contribution in [0.3, 0.4) is 0 Å². The van der Waals surface area contributed by atoms with Crippen LogP contribution in [0.5, 0.6) is 0 Å². The quantitative estimate of drug-likeness (QED) is 0.668. The van der Waals surface area contributed by atoms with Crippen LogP contribution in [0.25, 0.3) is 0 Å². The van der Waals surface area contributed by atoms with E-state index in [2.05, 4.69) is 52.6 Å². The SMILES string of the molecule is CCC(CBr)(CBr)CC1CCC(C)(C)O1. The molecule has 0 aromatic carbocycles. The lowest BCUT2D eigenvalue weighted by atomic mass is 9.83. The molecule has 0 saturated carbocycles. The fraction of sp³-hybridized carbons (Fsp3) is 1.00. The van der Waals surface area contributed by atoms with Gasteiger partial charge < -0.3 is 4.74 Å². The summed E-state index contributed by atoms with van der Waals surface area (Å²) in [6.45, 7) is 6.66. The molecule has 1 atom stereocenters. The number of rotatable bonds is 5. The predicted octanol–water partition coefficient (Wildman–Crippen LogP) is 4.52. The van der Waals surface area contributed by atoms with Gasteiger partial charge in [-0.05, 0) is 44.9 Å². The van der Waals surface area contributed by atoms with Crippen LogP contribution in [0.4, 0.5) is 0 Å². The van der Waals surface area contributed by atoms with Gasteiger partial charge in [0.05, 0.1) is 11.7 Å². The van der Waals surface area contributed by atoms with Gasteiger partial charge in [0.2, 0.25) is 0 Å². The Labute approximate surface area is 111 Å². The van der Waals surface area contributed by atoms with E-state index in [4.69, 9.17) is 4.74 Å². The first-order valence-electron chi connectivity index (χ1n) is 5.77. The molecule has 0 radical (unpaired) electrons. The van der Waals surface area contributed by atoms with Crippen molar-refractivity contribution >= 4 is 31.9 Å². The fourth-order valence-electron chi connectivity index (χ4n) is 2.18. The molecule has 1 nitrogen and oxygen atoms in total. The Hall–Kier alpha value is 0.920. The number of hydrogen-bond donors (Lipinski definition) is 0. The lowest BCUT2D eigenvalue weighted by Crippen LogP contribution is -2.30. The first-order valence-corrected chi connectivity index (χ1v) is 8.01. The summed E-state index contributed by atoms with van der Waals surface area (Å²) in [5, 5.41) is 2.12. The van der Waals surface area contributed by atoms with Crippen molar-refractivity contribution in [1.82, 2.24) is 0 Å². The van der Waals surface area contributed by atoms with E-state index in [1.54, 1.807) is 0 Å². The molecule has 1 aliphatic rings. The summed E-state index contributed by atoms with van der Waals surface area (Å²) < 4.78 is 6.07. The summed E-state index contributed by atoms with van der Waals surface area (Å²) in [6, 6.07) is 0. The normalized spacial score (nSPS) is 25.8. The molecule has 1 unspecified atom stereocenters. The van der Waals surface area contributed by atoms with Crippen LogP contribution in [0.2, 0.25) is 0 Å². The van der Waals surface area contributed by atoms with Gasteiger partial charge in [0.15, 0.2) is 0 Å². The maximum atomic E-state index is 6.07. The van der Waals surface area contributed by atoms with Gasteiger partial charge in [-0.15, -0.1) is 0 Å². The highest BCUT2D eigenvalue weighted by molar-refractivity contribution is 9.09. The van der Waals surface area contributed by atoms with Crippen molar-refractivity contribution in [2.75, 3.05) is 10.7 Å². The van der Waals surface area contributed by atoms with Gasteiger partial charge in [0.1, 0.15) is 0 Å². The second-order valence-corrected chi connectivity index (χ2v) is 6.48. The summed E-state index contributed by atoms with van der Waals surface area (Å²) in [5.41, 5.74) is 0.466. The van der Waals surface area contributed by atoms with Crippen LogP contribution in [-0.2, 0) is 4.74 Å². The third-order valence-corrected chi connectivity index (χ3v) is 5.91. The maximum Gasteiger partial charge on any atom is 0.0631 e. The minimum absolute atomic E-state index is 0.1000. The van der Waals surface area contributed by atoms with E-state index in [1.807, 2.05) is 0 Å². The molecule has 15 heavy (non-hydrogen) atoms. The zero-order valence-electron chi connectivity index (χ0n) is 9.98. The van der Waals surface area contributed by atoms with Gasteiger partial charge in [-0.25, -0.2) is 0 Å². The maximum absolute atomic E-state index is 6.07. The van der Waals surface area contributed by atoms with E-state index in [0.717, 1.165) is 10.7 Å². The van der Waals surface area contributed by atoms with E-state index in [9.17, 15) is 0 Å². The highest BCUT2D eigenvalue weighted by atomic mass is 79.9.